The monoisotopic (exact) mass is 355 g/mol. The quantitative estimate of drug-likeness (QED) is 0.838. The van der Waals surface area contributed by atoms with Crippen LogP contribution in [-0.4, -0.2) is 12.0 Å². The second-order valence-corrected chi connectivity index (χ2v) is 5.88. The number of hydrogen-bond acceptors (Lipinski definition) is 2. The molecule has 122 valence electrons. The highest BCUT2D eigenvalue weighted by molar-refractivity contribution is 6.42. The average molecular weight is 356 g/mol. The Balaban J connectivity index is 1.99. The normalized spacial score (nSPS) is 13.3. The van der Waals surface area contributed by atoms with Crippen LogP contribution in [0.15, 0.2) is 42.5 Å². The fourth-order valence-corrected chi connectivity index (χ4v) is 2.32. The highest BCUT2D eigenvalue weighted by atomic mass is 35.5. The van der Waals surface area contributed by atoms with E-state index in [4.69, 9.17) is 27.9 Å². The molecular formula is C17H16Cl2FNO2. The molecule has 2 rings (SSSR count). The van der Waals surface area contributed by atoms with Crippen LogP contribution in [0.25, 0.3) is 0 Å². The van der Waals surface area contributed by atoms with Crippen LogP contribution in [-0.2, 0) is 4.79 Å². The summed E-state index contributed by atoms with van der Waals surface area (Å²) in [7, 11) is 0. The van der Waals surface area contributed by atoms with Gasteiger partial charge in [-0.3, -0.25) is 4.79 Å². The summed E-state index contributed by atoms with van der Waals surface area (Å²) in [6.45, 7) is 3.42. The molecule has 2 aromatic carbocycles. The van der Waals surface area contributed by atoms with Crippen molar-refractivity contribution < 1.29 is 13.9 Å². The molecule has 0 aliphatic heterocycles. The lowest BCUT2D eigenvalue weighted by atomic mass is 10.1. The third-order valence-electron chi connectivity index (χ3n) is 3.32. The lowest BCUT2D eigenvalue weighted by Gasteiger charge is -2.19. The van der Waals surface area contributed by atoms with Crippen LogP contribution in [0, 0.1) is 5.82 Å². The fraction of sp³-hybridized carbons (Fsp3) is 0.235. The molecule has 3 nitrogen and oxygen atoms in total. The zero-order valence-corrected chi connectivity index (χ0v) is 14.2. The van der Waals surface area contributed by atoms with E-state index in [2.05, 4.69) is 5.32 Å². The van der Waals surface area contributed by atoms with E-state index in [1.165, 1.54) is 12.1 Å². The maximum absolute atomic E-state index is 12.9. The number of carbonyl (C=O) groups excluding carboxylic acids is 1. The van der Waals surface area contributed by atoms with E-state index in [0.29, 0.717) is 10.8 Å². The van der Waals surface area contributed by atoms with Crippen LogP contribution >= 0.6 is 23.2 Å². The standard InChI is InChI=1S/C17H16Cl2FNO2/c1-10(12-6-8-13(20)9-7-12)21-17(22)11(2)23-15-5-3-4-14(18)16(15)19/h3-11H,1-2H3,(H,21,22)/t10-,11-/m0/s1. The van der Waals surface area contributed by atoms with Gasteiger partial charge in [-0.15, -0.1) is 0 Å². The third-order valence-corrected chi connectivity index (χ3v) is 4.12. The SMILES string of the molecule is C[C@H](Oc1cccc(Cl)c1Cl)C(=O)N[C@@H](C)c1ccc(F)cc1. The number of ether oxygens (including phenoxy) is 1. The second kappa shape index (κ2) is 7.66. The first-order chi connectivity index (χ1) is 10.9. The van der Waals surface area contributed by atoms with Crippen LogP contribution < -0.4 is 10.1 Å². The summed E-state index contributed by atoms with van der Waals surface area (Å²) in [5.41, 5.74) is 0.799. The first kappa shape index (κ1) is 17.6. The molecule has 0 aliphatic carbocycles. The second-order valence-electron chi connectivity index (χ2n) is 5.09. The highest BCUT2D eigenvalue weighted by Gasteiger charge is 2.19. The molecule has 2 atom stereocenters. The number of benzene rings is 2. The topological polar surface area (TPSA) is 38.3 Å². The Hall–Kier alpha value is -1.78. The molecule has 0 radical (unpaired) electrons. The molecule has 0 aromatic heterocycles. The summed E-state index contributed by atoms with van der Waals surface area (Å²) in [4.78, 5) is 12.2. The first-order valence-corrected chi connectivity index (χ1v) is 7.80. The van der Waals surface area contributed by atoms with E-state index in [1.807, 2.05) is 6.92 Å². The molecule has 0 bridgehead atoms. The predicted octanol–water partition coefficient (Wildman–Crippen LogP) is 4.78. The lowest BCUT2D eigenvalue weighted by Crippen LogP contribution is -2.37. The Morgan fingerprint density at radius 2 is 1.78 bits per heavy atom. The van der Waals surface area contributed by atoms with Crippen molar-refractivity contribution in [2.75, 3.05) is 0 Å². The van der Waals surface area contributed by atoms with Crippen LogP contribution in [0.2, 0.25) is 10.0 Å². The minimum atomic E-state index is -0.756. The van der Waals surface area contributed by atoms with Gasteiger partial charge in [0.2, 0.25) is 0 Å². The maximum Gasteiger partial charge on any atom is 0.261 e. The number of nitrogens with one attached hydrogen (secondary N) is 1. The van der Waals surface area contributed by atoms with Crippen LogP contribution in [0.3, 0.4) is 0 Å². The van der Waals surface area contributed by atoms with E-state index >= 15 is 0 Å². The van der Waals surface area contributed by atoms with Gasteiger partial charge in [-0.1, -0.05) is 41.4 Å². The molecule has 0 aliphatic rings. The number of amides is 1. The zero-order valence-electron chi connectivity index (χ0n) is 12.6. The molecule has 6 heteroatoms. The van der Waals surface area contributed by atoms with E-state index < -0.39 is 6.10 Å². The summed E-state index contributed by atoms with van der Waals surface area (Å²) >= 11 is 11.9. The summed E-state index contributed by atoms with van der Waals surface area (Å²) in [5.74, 6) is -0.284. The third kappa shape index (κ3) is 4.60. The molecule has 23 heavy (non-hydrogen) atoms. The van der Waals surface area contributed by atoms with E-state index in [9.17, 15) is 9.18 Å². The Morgan fingerprint density at radius 1 is 1.13 bits per heavy atom. The molecule has 0 spiro atoms. The van der Waals surface area contributed by atoms with Gasteiger partial charge in [-0.2, -0.15) is 0 Å². The van der Waals surface area contributed by atoms with E-state index in [0.717, 1.165) is 5.56 Å². The molecule has 1 amide bonds. The van der Waals surface area contributed by atoms with Crippen molar-refractivity contribution in [1.29, 1.82) is 0 Å². The number of rotatable bonds is 5. The fourth-order valence-electron chi connectivity index (χ4n) is 1.98. The molecule has 2 aromatic rings. The van der Waals surface area contributed by atoms with Gasteiger partial charge < -0.3 is 10.1 Å². The van der Waals surface area contributed by atoms with Crippen molar-refractivity contribution in [1.82, 2.24) is 5.32 Å². The van der Waals surface area contributed by atoms with Crippen molar-refractivity contribution in [3.05, 3.63) is 63.9 Å². The van der Waals surface area contributed by atoms with Crippen molar-refractivity contribution >= 4 is 29.1 Å². The maximum atomic E-state index is 12.9. The zero-order chi connectivity index (χ0) is 17.0. The van der Waals surface area contributed by atoms with Gasteiger partial charge in [0, 0.05) is 0 Å². The van der Waals surface area contributed by atoms with Gasteiger partial charge in [0.05, 0.1) is 11.1 Å². The summed E-state index contributed by atoms with van der Waals surface area (Å²) in [6.07, 6.45) is -0.756. The van der Waals surface area contributed by atoms with Gasteiger partial charge in [0.15, 0.2) is 6.10 Å². The highest BCUT2D eigenvalue weighted by Crippen LogP contribution is 2.32. The molecule has 0 fully saturated rings. The molecule has 0 saturated heterocycles. The Morgan fingerprint density at radius 3 is 2.43 bits per heavy atom. The van der Waals surface area contributed by atoms with Crippen molar-refractivity contribution in [3.63, 3.8) is 0 Å². The summed E-state index contributed by atoms with van der Waals surface area (Å²) in [6, 6.07) is 10.6. The van der Waals surface area contributed by atoms with Crippen molar-refractivity contribution in [2.24, 2.45) is 0 Å². The van der Waals surface area contributed by atoms with Gasteiger partial charge in [-0.25, -0.2) is 4.39 Å². The molecular weight excluding hydrogens is 340 g/mol. The van der Waals surface area contributed by atoms with E-state index in [1.54, 1.807) is 37.3 Å². The van der Waals surface area contributed by atoms with Gasteiger partial charge in [-0.05, 0) is 43.7 Å². The van der Waals surface area contributed by atoms with Gasteiger partial charge in [0.1, 0.15) is 16.6 Å². The Bertz CT molecular complexity index is 691. The summed E-state index contributed by atoms with van der Waals surface area (Å²) in [5, 5.41) is 3.43. The lowest BCUT2D eigenvalue weighted by molar-refractivity contribution is -0.127. The van der Waals surface area contributed by atoms with Gasteiger partial charge >= 0.3 is 0 Å². The number of carbonyl (C=O) groups is 1. The van der Waals surface area contributed by atoms with Gasteiger partial charge in [0.25, 0.3) is 5.91 Å². The smallest absolute Gasteiger partial charge is 0.261 e. The van der Waals surface area contributed by atoms with Crippen LogP contribution in [0.4, 0.5) is 4.39 Å². The Kier molecular flexibility index (Phi) is 5.85. The minimum absolute atomic E-state index is 0.264. The first-order valence-electron chi connectivity index (χ1n) is 7.05. The molecule has 0 saturated carbocycles. The van der Waals surface area contributed by atoms with Crippen molar-refractivity contribution in [3.8, 4) is 5.75 Å². The molecule has 0 heterocycles. The van der Waals surface area contributed by atoms with Crippen molar-refractivity contribution in [2.45, 2.75) is 26.0 Å². The summed E-state index contributed by atoms with van der Waals surface area (Å²) < 4.78 is 18.5. The Labute approximate surface area is 144 Å². The molecule has 1 N–H and O–H groups in total. The average Bonchev–Trinajstić information content (AvgIpc) is 2.52. The van der Waals surface area contributed by atoms with E-state index in [-0.39, 0.29) is 22.8 Å². The number of halogens is 3. The van der Waals surface area contributed by atoms with Crippen LogP contribution in [0.5, 0.6) is 5.75 Å². The largest absolute Gasteiger partial charge is 0.479 e. The van der Waals surface area contributed by atoms with Crippen LogP contribution in [0.1, 0.15) is 25.5 Å². The number of hydrogen-bond donors (Lipinski definition) is 1. The molecule has 0 unspecified atom stereocenters. The predicted molar refractivity (Wildman–Crippen MR) is 89.5 cm³/mol. The minimum Gasteiger partial charge on any atom is -0.479 e.